The Morgan fingerprint density at radius 3 is 2.45 bits per heavy atom. The molecule has 1 heterocycles. The molecule has 0 aliphatic carbocycles. The molecule has 1 aliphatic rings. The smallest absolute Gasteiger partial charge is 0.334 e. The zero-order valence-electron chi connectivity index (χ0n) is 17.2. The highest BCUT2D eigenvalue weighted by Crippen LogP contribution is 2.44. The SMILES string of the molecule is C/C=C/C1(C(=O)O)C(c2ccc(Cl)c(Cl)c2)CCCN1C(=O)C(=O)C(C)(C)CC. The summed E-state index contributed by atoms with van der Waals surface area (Å²) in [5.74, 6) is -3.09. The summed E-state index contributed by atoms with van der Waals surface area (Å²) < 4.78 is 0. The molecule has 5 nitrogen and oxygen atoms in total. The number of amides is 1. The van der Waals surface area contributed by atoms with Crippen molar-refractivity contribution in [3.63, 3.8) is 0 Å². The number of allylic oxidation sites excluding steroid dienone is 1. The number of carbonyl (C=O) groups excluding carboxylic acids is 2. The van der Waals surface area contributed by atoms with Crippen molar-refractivity contribution in [1.29, 1.82) is 0 Å². The second-order valence-corrected chi connectivity index (χ2v) is 8.84. The van der Waals surface area contributed by atoms with Crippen molar-refractivity contribution in [3.8, 4) is 0 Å². The molecule has 1 aliphatic heterocycles. The van der Waals surface area contributed by atoms with Gasteiger partial charge in [-0.15, -0.1) is 0 Å². The lowest BCUT2D eigenvalue weighted by Crippen LogP contribution is -2.64. The number of benzene rings is 1. The summed E-state index contributed by atoms with van der Waals surface area (Å²) in [5, 5.41) is 11.0. The molecule has 1 N–H and O–H groups in total. The van der Waals surface area contributed by atoms with E-state index in [0.29, 0.717) is 34.9 Å². The fourth-order valence-electron chi connectivity index (χ4n) is 3.83. The van der Waals surface area contributed by atoms with Crippen LogP contribution in [0.5, 0.6) is 0 Å². The minimum Gasteiger partial charge on any atom is -0.479 e. The van der Waals surface area contributed by atoms with Gasteiger partial charge in [0.1, 0.15) is 0 Å². The Kier molecular flexibility index (Phi) is 7.18. The van der Waals surface area contributed by atoms with Crippen LogP contribution < -0.4 is 0 Å². The molecule has 0 bridgehead atoms. The van der Waals surface area contributed by atoms with Crippen molar-refractivity contribution in [2.45, 2.75) is 58.4 Å². The van der Waals surface area contributed by atoms with Crippen molar-refractivity contribution in [2.24, 2.45) is 5.41 Å². The molecule has 2 atom stereocenters. The van der Waals surface area contributed by atoms with Crippen LogP contribution in [0.25, 0.3) is 0 Å². The zero-order valence-corrected chi connectivity index (χ0v) is 18.7. The van der Waals surface area contributed by atoms with Gasteiger partial charge in [-0.2, -0.15) is 0 Å². The lowest BCUT2D eigenvalue weighted by Gasteiger charge is -2.48. The van der Waals surface area contributed by atoms with E-state index < -0.39 is 34.5 Å². The summed E-state index contributed by atoms with van der Waals surface area (Å²) in [5.41, 5.74) is -1.88. The third kappa shape index (κ3) is 4.22. The Morgan fingerprint density at radius 1 is 1.28 bits per heavy atom. The van der Waals surface area contributed by atoms with E-state index in [9.17, 15) is 19.5 Å². The zero-order chi connectivity index (χ0) is 22.0. The van der Waals surface area contributed by atoms with Crippen molar-refractivity contribution < 1.29 is 19.5 Å². The minimum absolute atomic E-state index is 0.193. The maximum absolute atomic E-state index is 13.2. The molecular formula is C22H27Cl2NO4. The van der Waals surface area contributed by atoms with Crippen LogP contribution in [0.4, 0.5) is 0 Å². The van der Waals surface area contributed by atoms with Crippen LogP contribution in [0, 0.1) is 5.41 Å². The van der Waals surface area contributed by atoms with E-state index in [1.165, 1.54) is 11.0 Å². The predicted octanol–water partition coefficient (Wildman–Crippen LogP) is 5.10. The Labute approximate surface area is 181 Å². The molecule has 7 heteroatoms. The number of hydrogen-bond donors (Lipinski definition) is 1. The van der Waals surface area contributed by atoms with Crippen molar-refractivity contribution in [1.82, 2.24) is 4.90 Å². The molecule has 1 aromatic rings. The average Bonchev–Trinajstić information content (AvgIpc) is 2.69. The second kappa shape index (κ2) is 8.88. The number of carboxylic acid groups (broad SMARTS) is 1. The number of aliphatic carboxylic acids is 1. The van der Waals surface area contributed by atoms with Crippen LogP contribution in [0.1, 0.15) is 58.4 Å². The molecule has 158 valence electrons. The van der Waals surface area contributed by atoms with Gasteiger partial charge in [-0.05, 0) is 43.9 Å². The van der Waals surface area contributed by atoms with E-state index in [4.69, 9.17) is 23.2 Å². The number of ketones is 1. The topological polar surface area (TPSA) is 74.7 Å². The number of Topliss-reactive ketones (excluding diaryl/α,β-unsaturated/α-hetero) is 1. The Morgan fingerprint density at radius 2 is 1.93 bits per heavy atom. The van der Waals surface area contributed by atoms with Crippen LogP contribution in [-0.4, -0.2) is 39.7 Å². The van der Waals surface area contributed by atoms with Crippen LogP contribution in [0.15, 0.2) is 30.4 Å². The van der Waals surface area contributed by atoms with Gasteiger partial charge in [-0.25, -0.2) is 4.79 Å². The molecular weight excluding hydrogens is 413 g/mol. The predicted molar refractivity (Wildman–Crippen MR) is 114 cm³/mol. The van der Waals surface area contributed by atoms with Crippen LogP contribution in [0.3, 0.4) is 0 Å². The molecule has 0 saturated carbocycles. The van der Waals surface area contributed by atoms with E-state index in [0.717, 1.165) is 0 Å². The minimum atomic E-state index is -1.68. The van der Waals surface area contributed by atoms with Gasteiger partial charge in [-0.3, -0.25) is 9.59 Å². The Hall–Kier alpha value is -1.85. The van der Waals surface area contributed by atoms with E-state index >= 15 is 0 Å². The van der Waals surface area contributed by atoms with Gasteiger partial charge in [0.2, 0.25) is 5.78 Å². The molecule has 0 radical (unpaired) electrons. The number of piperidine rings is 1. The van der Waals surface area contributed by atoms with Gasteiger partial charge in [0.15, 0.2) is 5.54 Å². The number of nitrogens with zero attached hydrogens (tertiary/aromatic N) is 1. The maximum atomic E-state index is 13.2. The molecule has 2 unspecified atom stereocenters. The van der Waals surface area contributed by atoms with Gasteiger partial charge < -0.3 is 10.0 Å². The maximum Gasteiger partial charge on any atom is 0.334 e. The summed E-state index contributed by atoms with van der Waals surface area (Å²) in [6, 6.07) is 4.99. The lowest BCUT2D eigenvalue weighted by molar-refractivity contribution is -0.164. The molecule has 1 aromatic carbocycles. The first-order chi connectivity index (χ1) is 13.5. The van der Waals surface area contributed by atoms with Crippen LogP contribution in [0.2, 0.25) is 10.0 Å². The molecule has 1 saturated heterocycles. The third-order valence-electron chi connectivity index (χ3n) is 5.90. The van der Waals surface area contributed by atoms with Gasteiger partial charge in [0.05, 0.1) is 10.0 Å². The molecule has 2 rings (SSSR count). The van der Waals surface area contributed by atoms with Gasteiger partial charge in [0.25, 0.3) is 5.91 Å². The standard InChI is InChI=1S/C22H27Cl2NO4/c1-5-11-22(20(28)29)15(14-9-10-16(23)17(24)13-14)8-7-12-25(22)19(27)18(26)21(3,4)6-2/h5,9-11,13,15H,6-8,12H2,1-4H3,(H,28,29)/b11-5+. The number of halogens is 2. The first-order valence-electron chi connectivity index (χ1n) is 9.71. The number of carbonyl (C=O) groups is 3. The average molecular weight is 440 g/mol. The monoisotopic (exact) mass is 439 g/mol. The molecule has 1 fully saturated rings. The van der Waals surface area contributed by atoms with E-state index in [1.54, 1.807) is 45.0 Å². The fourth-order valence-corrected chi connectivity index (χ4v) is 4.14. The Bertz CT molecular complexity index is 849. The lowest BCUT2D eigenvalue weighted by atomic mass is 9.71. The van der Waals surface area contributed by atoms with Crippen molar-refractivity contribution in [2.75, 3.05) is 6.54 Å². The number of hydrogen-bond acceptors (Lipinski definition) is 3. The molecule has 0 aromatic heterocycles. The molecule has 29 heavy (non-hydrogen) atoms. The van der Waals surface area contributed by atoms with Crippen molar-refractivity contribution >= 4 is 40.9 Å². The normalized spacial score (nSPS) is 22.7. The first kappa shape index (κ1) is 23.4. The van der Waals surface area contributed by atoms with Gasteiger partial charge >= 0.3 is 5.97 Å². The highest BCUT2D eigenvalue weighted by molar-refractivity contribution is 6.42. The van der Waals surface area contributed by atoms with Gasteiger partial charge in [0, 0.05) is 17.9 Å². The highest BCUT2D eigenvalue weighted by atomic mass is 35.5. The summed E-state index contributed by atoms with van der Waals surface area (Å²) in [4.78, 5) is 40.0. The molecule has 0 spiro atoms. The second-order valence-electron chi connectivity index (χ2n) is 8.02. The van der Waals surface area contributed by atoms with E-state index in [2.05, 4.69) is 0 Å². The van der Waals surface area contributed by atoms with Crippen molar-refractivity contribution in [3.05, 3.63) is 46.0 Å². The first-order valence-corrected chi connectivity index (χ1v) is 10.5. The quantitative estimate of drug-likeness (QED) is 0.493. The summed E-state index contributed by atoms with van der Waals surface area (Å²) in [7, 11) is 0. The van der Waals surface area contributed by atoms with Crippen LogP contribution >= 0.6 is 23.2 Å². The van der Waals surface area contributed by atoms with Crippen LogP contribution in [-0.2, 0) is 14.4 Å². The number of carboxylic acids is 1. The number of rotatable bonds is 6. The summed E-state index contributed by atoms with van der Waals surface area (Å²) in [6.45, 7) is 7.12. The summed E-state index contributed by atoms with van der Waals surface area (Å²) >= 11 is 12.2. The number of likely N-dealkylation sites (tertiary alicyclic amines) is 1. The largest absolute Gasteiger partial charge is 0.479 e. The van der Waals surface area contributed by atoms with E-state index in [-0.39, 0.29) is 6.54 Å². The van der Waals surface area contributed by atoms with Gasteiger partial charge in [-0.1, -0.05) is 62.2 Å². The fraction of sp³-hybridized carbons (Fsp3) is 0.500. The molecule has 1 amide bonds. The third-order valence-corrected chi connectivity index (χ3v) is 6.64. The van der Waals surface area contributed by atoms with E-state index in [1.807, 2.05) is 6.92 Å². The highest BCUT2D eigenvalue weighted by Gasteiger charge is 2.55. The summed E-state index contributed by atoms with van der Waals surface area (Å²) in [6.07, 6.45) is 4.70. The Balaban J connectivity index is 2.64.